The quantitative estimate of drug-likeness (QED) is 0.428. The van der Waals surface area contributed by atoms with Crippen molar-refractivity contribution in [1.82, 2.24) is 0 Å². The summed E-state index contributed by atoms with van der Waals surface area (Å²) in [7, 11) is -1.51. The maximum atomic E-state index is 12.7. The molecule has 2 unspecified atom stereocenters. The van der Waals surface area contributed by atoms with Gasteiger partial charge in [0.15, 0.2) is 0 Å². The monoisotopic (exact) mass is 348 g/mol. The van der Waals surface area contributed by atoms with Crippen molar-refractivity contribution in [2.24, 2.45) is 11.8 Å². The zero-order chi connectivity index (χ0) is 16.4. The normalized spacial score (nSPS) is 29.5. The van der Waals surface area contributed by atoms with E-state index in [9.17, 15) is 4.79 Å². The van der Waals surface area contributed by atoms with E-state index in [2.05, 4.69) is 50.0 Å². The van der Waals surface area contributed by atoms with Crippen molar-refractivity contribution in [2.75, 3.05) is 0 Å². The Hall–Kier alpha value is -0.743. The summed E-state index contributed by atoms with van der Waals surface area (Å²) in [6, 6.07) is 10.6. The van der Waals surface area contributed by atoms with Gasteiger partial charge in [0, 0.05) is 15.7 Å². The second-order valence-electron chi connectivity index (χ2n) is 8.02. The zero-order valence-electron chi connectivity index (χ0n) is 14.5. The Morgan fingerprint density at radius 3 is 2.48 bits per heavy atom. The summed E-state index contributed by atoms with van der Waals surface area (Å²) in [5.74, 6) is 0.616. The number of hydrogen-bond acceptors (Lipinski definition) is 3. The molecule has 126 valence electrons. The van der Waals surface area contributed by atoms with Crippen LogP contribution >= 0.6 is 11.8 Å². The molecule has 2 fully saturated rings. The second-order valence-corrected chi connectivity index (χ2v) is 15.0. The van der Waals surface area contributed by atoms with E-state index < -0.39 is 8.07 Å². The molecule has 4 atom stereocenters. The molecule has 1 saturated carbocycles. The van der Waals surface area contributed by atoms with Crippen LogP contribution in [0.5, 0.6) is 0 Å². The van der Waals surface area contributed by atoms with Crippen LogP contribution in [0, 0.1) is 11.8 Å². The first-order valence-corrected chi connectivity index (χ1v) is 13.3. The molecule has 1 saturated heterocycles. The third-order valence-electron chi connectivity index (χ3n) is 5.19. The summed E-state index contributed by atoms with van der Waals surface area (Å²) in [4.78, 5) is 14.4. The lowest BCUT2D eigenvalue weighted by Gasteiger charge is -2.34. The van der Waals surface area contributed by atoms with Gasteiger partial charge in [-0.25, -0.2) is 0 Å². The highest BCUT2D eigenvalue weighted by atomic mass is 32.2. The number of thioether (sulfide) groups is 1. The fraction of sp³-hybridized carbons (Fsp3) is 0.632. The van der Waals surface area contributed by atoms with Gasteiger partial charge < -0.3 is 4.74 Å². The zero-order valence-corrected chi connectivity index (χ0v) is 16.3. The average molecular weight is 349 g/mol. The van der Waals surface area contributed by atoms with Crippen molar-refractivity contribution in [3.63, 3.8) is 0 Å². The number of esters is 1. The van der Waals surface area contributed by atoms with Crippen molar-refractivity contribution in [1.29, 1.82) is 0 Å². The van der Waals surface area contributed by atoms with E-state index in [-0.39, 0.29) is 18.0 Å². The topological polar surface area (TPSA) is 26.3 Å². The molecule has 0 aromatic heterocycles. The highest BCUT2D eigenvalue weighted by Gasteiger charge is 2.51. The van der Waals surface area contributed by atoms with Gasteiger partial charge in [-0.15, -0.1) is 11.8 Å². The predicted molar refractivity (Wildman–Crippen MR) is 99.4 cm³/mol. The second kappa shape index (κ2) is 7.02. The minimum Gasteiger partial charge on any atom is -0.462 e. The standard InChI is InChI=1S/C19H28O2SSi/c1-23(2,3)19(22-14-10-6-4-7-11-14)17-15-12-8-5-9-13-16(15)21-18(17)20/h4,6-7,10-11,15-17,19H,5,8-9,12-13H2,1-3H3/t15-,16-,17?,19?/m1/s1. The van der Waals surface area contributed by atoms with E-state index in [0.29, 0.717) is 10.8 Å². The largest absolute Gasteiger partial charge is 0.462 e. The van der Waals surface area contributed by atoms with Crippen LogP contribution in [0.4, 0.5) is 0 Å². The van der Waals surface area contributed by atoms with E-state index in [0.717, 1.165) is 12.8 Å². The van der Waals surface area contributed by atoms with Gasteiger partial charge in [0.25, 0.3) is 0 Å². The number of ether oxygens (including phenoxy) is 1. The number of rotatable bonds is 4. The van der Waals surface area contributed by atoms with Crippen molar-refractivity contribution >= 4 is 25.8 Å². The van der Waals surface area contributed by atoms with E-state index in [1.54, 1.807) is 0 Å². The lowest BCUT2D eigenvalue weighted by Crippen LogP contribution is -2.45. The van der Waals surface area contributed by atoms with E-state index in [1.165, 1.54) is 24.2 Å². The summed E-state index contributed by atoms with van der Waals surface area (Å²) < 4.78 is 5.84. The van der Waals surface area contributed by atoms with Gasteiger partial charge >= 0.3 is 5.97 Å². The molecule has 1 heterocycles. The van der Waals surface area contributed by atoms with Gasteiger partial charge in [0.05, 0.1) is 14.0 Å². The number of carbonyl (C=O) groups excluding carboxylic acids is 1. The Bertz CT molecular complexity index is 540. The molecule has 1 aromatic rings. The fourth-order valence-electron chi connectivity index (χ4n) is 4.04. The number of hydrogen-bond donors (Lipinski definition) is 0. The molecule has 2 aliphatic rings. The van der Waals surface area contributed by atoms with Crippen LogP contribution in [0.15, 0.2) is 35.2 Å². The molecule has 0 N–H and O–H groups in total. The molecule has 1 aliphatic carbocycles. The number of carbonyl (C=O) groups is 1. The summed E-state index contributed by atoms with van der Waals surface area (Å²) >= 11 is 1.92. The van der Waals surface area contributed by atoms with E-state index in [4.69, 9.17) is 4.74 Å². The smallest absolute Gasteiger partial charge is 0.310 e. The third-order valence-corrected chi connectivity index (χ3v) is 10.8. The fourth-order valence-corrected chi connectivity index (χ4v) is 8.39. The molecular formula is C19H28O2SSi. The van der Waals surface area contributed by atoms with Crippen LogP contribution in [0.2, 0.25) is 19.6 Å². The Kier molecular flexibility index (Phi) is 5.21. The lowest BCUT2D eigenvalue weighted by molar-refractivity contribution is -0.144. The van der Waals surface area contributed by atoms with Gasteiger partial charge in [-0.05, 0) is 31.4 Å². The van der Waals surface area contributed by atoms with Crippen LogP contribution in [-0.4, -0.2) is 25.0 Å². The lowest BCUT2D eigenvalue weighted by atomic mass is 9.88. The summed E-state index contributed by atoms with van der Waals surface area (Å²) in [6.07, 6.45) is 6.18. The van der Waals surface area contributed by atoms with Crippen LogP contribution in [0.1, 0.15) is 32.1 Å². The molecular weight excluding hydrogens is 320 g/mol. The predicted octanol–water partition coefficient (Wildman–Crippen LogP) is 5.15. The first-order valence-electron chi connectivity index (χ1n) is 8.89. The Labute approximate surface area is 145 Å². The maximum absolute atomic E-state index is 12.7. The average Bonchev–Trinajstić information content (AvgIpc) is 2.67. The van der Waals surface area contributed by atoms with Gasteiger partial charge in [-0.3, -0.25) is 4.79 Å². The molecule has 0 radical (unpaired) electrons. The molecule has 1 aromatic carbocycles. The Morgan fingerprint density at radius 1 is 1.09 bits per heavy atom. The molecule has 2 nitrogen and oxygen atoms in total. The minimum absolute atomic E-state index is 0.0813. The number of fused-ring (bicyclic) bond motifs is 1. The van der Waals surface area contributed by atoms with Crippen molar-refractivity contribution < 1.29 is 9.53 Å². The SMILES string of the molecule is C[Si](C)(C)C(Sc1ccccc1)C1C(=O)O[C@@H]2CCCCC[C@@H]12. The minimum atomic E-state index is -1.51. The van der Waals surface area contributed by atoms with E-state index in [1.807, 2.05) is 11.8 Å². The highest BCUT2D eigenvalue weighted by molar-refractivity contribution is 8.01. The summed E-state index contributed by atoms with van der Waals surface area (Å²) in [6.45, 7) is 7.18. The van der Waals surface area contributed by atoms with Crippen molar-refractivity contribution in [3.05, 3.63) is 30.3 Å². The maximum Gasteiger partial charge on any atom is 0.310 e. The molecule has 0 bridgehead atoms. The molecule has 3 rings (SSSR count). The van der Waals surface area contributed by atoms with Crippen LogP contribution in [-0.2, 0) is 9.53 Å². The Balaban J connectivity index is 1.87. The summed E-state index contributed by atoms with van der Waals surface area (Å²) in [5.41, 5.74) is 0. The van der Waals surface area contributed by atoms with Gasteiger partial charge in [0.1, 0.15) is 6.10 Å². The summed E-state index contributed by atoms with van der Waals surface area (Å²) in [5, 5.41) is 0. The molecule has 0 spiro atoms. The van der Waals surface area contributed by atoms with Crippen LogP contribution in [0.25, 0.3) is 0 Å². The van der Waals surface area contributed by atoms with Crippen LogP contribution < -0.4 is 0 Å². The van der Waals surface area contributed by atoms with E-state index >= 15 is 0 Å². The van der Waals surface area contributed by atoms with Gasteiger partial charge in [-0.2, -0.15) is 0 Å². The molecule has 0 amide bonds. The number of benzene rings is 1. The van der Waals surface area contributed by atoms with Crippen molar-refractivity contribution in [3.8, 4) is 0 Å². The third kappa shape index (κ3) is 3.85. The first-order chi connectivity index (χ1) is 11.0. The van der Waals surface area contributed by atoms with Gasteiger partial charge in [-0.1, -0.05) is 50.7 Å². The van der Waals surface area contributed by atoms with Gasteiger partial charge in [0.2, 0.25) is 0 Å². The molecule has 23 heavy (non-hydrogen) atoms. The molecule has 4 heteroatoms. The highest BCUT2D eigenvalue weighted by Crippen LogP contribution is 2.46. The molecule has 1 aliphatic heterocycles. The Morgan fingerprint density at radius 2 is 1.78 bits per heavy atom. The first kappa shape index (κ1) is 17.1. The van der Waals surface area contributed by atoms with Crippen molar-refractivity contribution in [2.45, 2.75) is 67.6 Å². The van der Waals surface area contributed by atoms with Crippen LogP contribution in [0.3, 0.4) is 0 Å².